The third-order valence-corrected chi connectivity index (χ3v) is 3.18. The van der Waals surface area contributed by atoms with E-state index in [9.17, 15) is 5.11 Å². The number of aliphatic hydroxyl groups is 1. The lowest BCUT2D eigenvalue weighted by atomic mass is 10.1. The minimum Gasteiger partial charge on any atom is -0.392 e. The number of fused-ring (bicyclic) bond motifs is 1. The van der Waals surface area contributed by atoms with E-state index in [1.165, 1.54) is 10.9 Å². The van der Waals surface area contributed by atoms with E-state index >= 15 is 0 Å². The van der Waals surface area contributed by atoms with Gasteiger partial charge in [0.1, 0.15) is 0 Å². The van der Waals surface area contributed by atoms with E-state index in [1.54, 1.807) is 0 Å². The predicted molar refractivity (Wildman–Crippen MR) is 74.3 cm³/mol. The highest BCUT2D eigenvalue weighted by Crippen LogP contribution is 2.15. The number of hydrogen-bond acceptors (Lipinski definition) is 3. The molecule has 0 aliphatic carbocycles. The molecule has 1 atom stereocenters. The minimum atomic E-state index is -0.293. The highest BCUT2D eigenvalue weighted by atomic mass is 16.3. The first-order valence-electron chi connectivity index (χ1n) is 6.40. The number of nitrogens with one attached hydrogen (secondary N) is 1. The third-order valence-electron chi connectivity index (χ3n) is 3.18. The second-order valence-electron chi connectivity index (χ2n) is 4.93. The van der Waals surface area contributed by atoms with Crippen LogP contribution in [0.5, 0.6) is 0 Å². The maximum absolute atomic E-state index is 9.74. The lowest BCUT2D eigenvalue weighted by Crippen LogP contribution is -2.30. The summed E-state index contributed by atoms with van der Waals surface area (Å²) in [6.45, 7) is 5.42. The van der Waals surface area contributed by atoms with Gasteiger partial charge in [-0.3, -0.25) is 4.98 Å². The summed E-state index contributed by atoms with van der Waals surface area (Å²) in [4.78, 5) is 4.34. The second kappa shape index (κ2) is 5.94. The summed E-state index contributed by atoms with van der Waals surface area (Å²) in [5, 5.41) is 14.2. The van der Waals surface area contributed by atoms with Gasteiger partial charge in [-0.15, -0.1) is 0 Å². The highest BCUT2D eigenvalue weighted by Gasteiger charge is 2.08. The maximum atomic E-state index is 9.74. The molecule has 1 unspecified atom stereocenters. The van der Waals surface area contributed by atoms with Gasteiger partial charge in [0.15, 0.2) is 0 Å². The molecule has 0 fully saturated rings. The number of para-hydroxylation sites is 1. The first-order valence-corrected chi connectivity index (χ1v) is 6.40. The number of benzene rings is 1. The molecule has 0 aliphatic heterocycles. The molecule has 3 nitrogen and oxygen atoms in total. The minimum absolute atomic E-state index is 0.284. The summed E-state index contributed by atoms with van der Waals surface area (Å²) in [5.41, 5.74) is 2.23. The summed E-state index contributed by atoms with van der Waals surface area (Å²) in [5.74, 6) is 0.284. The van der Waals surface area contributed by atoms with E-state index in [0.717, 1.165) is 12.1 Å². The molecule has 18 heavy (non-hydrogen) atoms. The van der Waals surface area contributed by atoms with E-state index in [2.05, 4.69) is 16.4 Å². The molecule has 0 spiro atoms. The Bertz CT molecular complexity index is 505. The Balaban J connectivity index is 2.04. The van der Waals surface area contributed by atoms with Gasteiger partial charge in [-0.2, -0.15) is 0 Å². The Morgan fingerprint density at radius 3 is 2.78 bits per heavy atom. The monoisotopic (exact) mass is 244 g/mol. The molecular formula is C15H20N2O. The molecule has 0 radical (unpaired) electrons. The normalized spacial score (nSPS) is 13.1. The van der Waals surface area contributed by atoms with Gasteiger partial charge in [-0.25, -0.2) is 0 Å². The van der Waals surface area contributed by atoms with Crippen molar-refractivity contribution in [2.45, 2.75) is 26.5 Å². The van der Waals surface area contributed by atoms with Gasteiger partial charge < -0.3 is 10.4 Å². The maximum Gasteiger partial charge on any atom is 0.0705 e. The Morgan fingerprint density at radius 2 is 2.00 bits per heavy atom. The van der Waals surface area contributed by atoms with Crippen LogP contribution in [0.25, 0.3) is 10.9 Å². The van der Waals surface area contributed by atoms with Crippen molar-refractivity contribution in [3.63, 3.8) is 0 Å². The zero-order valence-corrected chi connectivity index (χ0v) is 10.9. The van der Waals surface area contributed by atoms with Crippen molar-refractivity contribution in [1.82, 2.24) is 10.3 Å². The number of hydrogen-bond donors (Lipinski definition) is 2. The van der Waals surface area contributed by atoms with Crippen LogP contribution in [-0.4, -0.2) is 22.7 Å². The number of aromatic nitrogens is 1. The van der Waals surface area contributed by atoms with Crippen LogP contribution in [0.1, 0.15) is 19.4 Å². The second-order valence-corrected chi connectivity index (χ2v) is 4.93. The van der Waals surface area contributed by atoms with E-state index in [4.69, 9.17) is 0 Å². The third kappa shape index (κ3) is 3.06. The fourth-order valence-electron chi connectivity index (χ4n) is 1.90. The molecule has 3 heteroatoms. The van der Waals surface area contributed by atoms with E-state index in [1.807, 2.05) is 44.3 Å². The zero-order chi connectivity index (χ0) is 13.0. The van der Waals surface area contributed by atoms with Crippen LogP contribution in [0.3, 0.4) is 0 Å². The first-order chi connectivity index (χ1) is 8.68. The topological polar surface area (TPSA) is 45.1 Å². The highest BCUT2D eigenvalue weighted by molar-refractivity contribution is 5.81. The Labute approximate surface area is 108 Å². The summed E-state index contributed by atoms with van der Waals surface area (Å²) < 4.78 is 0. The van der Waals surface area contributed by atoms with Gasteiger partial charge in [0.2, 0.25) is 0 Å². The van der Waals surface area contributed by atoms with Gasteiger partial charge in [0.25, 0.3) is 0 Å². The first kappa shape index (κ1) is 13.0. The lowest BCUT2D eigenvalue weighted by molar-refractivity contribution is 0.123. The van der Waals surface area contributed by atoms with Crippen molar-refractivity contribution in [3.8, 4) is 0 Å². The Hall–Kier alpha value is -1.45. The average molecular weight is 244 g/mol. The van der Waals surface area contributed by atoms with E-state index in [-0.39, 0.29) is 12.0 Å². The van der Waals surface area contributed by atoms with Crippen molar-refractivity contribution in [3.05, 3.63) is 42.1 Å². The number of nitrogens with zero attached hydrogens (tertiary/aromatic N) is 1. The number of rotatable bonds is 5. The SMILES string of the molecule is CC(C)C(O)CNCc1ccnc2ccccc12. The quantitative estimate of drug-likeness (QED) is 0.848. The van der Waals surface area contributed by atoms with Crippen molar-refractivity contribution < 1.29 is 5.11 Å². The van der Waals surface area contributed by atoms with Crippen LogP contribution in [0.4, 0.5) is 0 Å². The smallest absolute Gasteiger partial charge is 0.0705 e. The number of pyridine rings is 1. The lowest BCUT2D eigenvalue weighted by Gasteiger charge is -2.15. The average Bonchev–Trinajstić information content (AvgIpc) is 2.38. The summed E-state index contributed by atoms with van der Waals surface area (Å²) in [6.07, 6.45) is 1.54. The molecule has 0 amide bonds. The van der Waals surface area contributed by atoms with Gasteiger partial charge in [0.05, 0.1) is 11.6 Å². The van der Waals surface area contributed by atoms with E-state index < -0.39 is 0 Å². The Morgan fingerprint density at radius 1 is 1.22 bits per heavy atom. The standard InChI is InChI=1S/C15H20N2O/c1-11(2)15(18)10-16-9-12-7-8-17-14-6-4-3-5-13(12)14/h3-8,11,15-16,18H,9-10H2,1-2H3. The molecule has 2 rings (SSSR count). The zero-order valence-electron chi connectivity index (χ0n) is 10.9. The Kier molecular flexibility index (Phi) is 4.28. The van der Waals surface area contributed by atoms with Crippen molar-refractivity contribution >= 4 is 10.9 Å². The van der Waals surface area contributed by atoms with Crippen LogP contribution in [0, 0.1) is 5.92 Å². The van der Waals surface area contributed by atoms with Gasteiger partial charge in [-0.1, -0.05) is 32.0 Å². The molecule has 1 aromatic carbocycles. The summed E-state index contributed by atoms with van der Waals surface area (Å²) in [6, 6.07) is 10.1. The van der Waals surface area contributed by atoms with Gasteiger partial charge in [-0.05, 0) is 23.6 Å². The van der Waals surface area contributed by atoms with Crippen LogP contribution in [0.15, 0.2) is 36.5 Å². The molecule has 0 saturated carbocycles. The molecular weight excluding hydrogens is 224 g/mol. The molecule has 2 N–H and O–H groups in total. The van der Waals surface area contributed by atoms with E-state index in [0.29, 0.717) is 6.54 Å². The summed E-state index contributed by atoms with van der Waals surface area (Å²) >= 11 is 0. The fourth-order valence-corrected chi connectivity index (χ4v) is 1.90. The number of aliphatic hydroxyl groups excluding tert-OH is 1. The molecule has 2 aromatic rings. The summed E-state index contributed by atoms with van der Waals surface area (Å²) in [7, 11) is 0. The van der Waals surface area contributed by atoms with Gasteiger partial charge >= 0.3 is 0 Å². The van der Waals surface area contributed by atoms with Crippen LogP contribution >= 0.6 is 0 Å². The largest absolute Gasteiger partial charge is 0.392 e. The van der Waals surface area contributed by atoms with Crippen molar-refractivity contribution in [2.24, 2.45) is 5.92 Å². The molecule has 0 bridgehead atoms. The molecule has 96 valence electrons. The van der Waals surface area contributed by atoms with Crippen molar-refractivity contribution in [1.29, 1.82) is 0 Å². The molecule has 1 aromatic heterocycles. The van der Waals surface area contributed by atoms with Crippen molar-refractivity contribution in [2.75, 3.05) is 6.54 Å². The fraction of sp³-hybridized carbons (Fsp3) is 0.400. The van der Waals surface area contributed by atoms with Crippen LogP contribution in [0.2, 0.25) is 0 Å². The molecule has 0 aliphatic rings. The molecule has 0 saturated heterocycles. The van der Waals surface area contributed by atoms with Crippen LogP contribution in [-0.2, 0) is 6.54 Å². The molecule has 1 heterocycles. The van der Waals surface area contributed by atoms with Crippen LogP contribution < -0.4 is 5.32 Å². The van der Waals surface area contributed by atoms with Gasteiger partial charge in [0, 0.05) is 24.7 Å². The predicted octanol–water partition coefficient (Wildman–Crippen LogP) is 2.34.